The smallest absolute Gasteiger partial charge is 0.273 e. The second-order valence-corrected chi connectivity index (χ2v) is 4.85. The molecule has 0 unspecified atom stereocenters. The zero-order valence-electron chi connectivity index (χ0n) is 7.89. The average Bonchev–Trinajstić information content (AvgIpc) is 2.02. The molecule has 14 heavy (non-hydrogen) atoms. The Morgan fingerprint density at radius 2 is 2.07 bits per heavy atom. The Bertz CT molecular complexity index is 501. The Kier molecular flexibility index (Phi) is 2.66. The van der Waals surface area contributed by atoms with E-state index in [1.54, 1.807) is 6.92 Å². The Balaban J connectivity index is 3.66. The lowest BCUT2D eigenvalue weighted by molar-refractivity contribution is 0.451. The molecule has 5 nitrogen and oxygen atoms in total. The van der Waals surface area contributed by atoms with Crippen molar-refractivity contribution in [2.24, 2.45) is 0 Å². The molecular weight excluding hydrogens is 206 g/mol. The summed E-state index contributed by atoms with van der Waals surface area (Å²) < 4.78 is 23.6. The van der Waals surface area contributed by atoms with E-state index in [0.29, 0.717) is 6.54 Å². The zero-order valence-corrected chi connectivity index (χ0v) is 8.71. The van der Waals surface area contributed by atoms with Gasteiger partial charge in [0.05, 0.1) is 0 Å². The Morgan fingerprint density at radius 3 is 2.50 bits per heavy atom. The lowest BCUT2D eigenvalue weighted by atomic mass is 10.4. The van der Waals surface area contributed by atoms with Gasteiger partial charge in [0.25, 0.3) is 5.56 Å². The first-order valence-corrected chi connectivity index (χ1v) is 5.89. The molecule has 78 valence electrons. The lowest BCUT2D eigenvalue weighted by Crippen LogP contribution is -2.24. The van der Waals surface area contributed by atoms with Gasteiger partial charge in [-0.2, -0.15) is 0 Å². The van der Waals surface area contributed by atoms with Crippen LogP contribution in [0.15, 0.2) is 22.0 Å². The number of aromatic hydroxyl groups is 1. The molecule has 1 aromatic rings. The lowest BCUT2D eigenvalue weighted by Gasteiger charge is -2.05. The largest absolute Gasteiger partial charge is 0.506 e. The van der Waals surface area contributed by atoms with Gasteiger partial charge in [-0.3, -0.25) is 4.79 Å². The third kappa shape index (κ3) is 1.79. The highest BCUT2D eigenvalue weighted by Crippen LogP contribution is 2.16. The van der Waals surface area contributed by atoms with Gasteiger partial charge < -0.3 is 9.67 Å². The topological polar surface area (TPSA) is 76.4 Å². The van der Waals surface area contributed by atoms with Crippen molar-refractivity contribution in [1.82, 2.24) is 4.57 Å². The van der Waals surface area contributed by atoms with Crippen LogP contribution in [0.25, 0.3) is 0 Å². The molecule has 1 aromatic heterocycles. The summed E-state index contributed by atoms with van der Waals surface area (Å²) in [4.78, 5) is 11.0. The van der Waals surface area contributed by atoms with Crippen LogP contribution >= 0.6 is 0 Å². The van der Waals surface area contributed by atoms with E-state index in [2.05, 4.69) is 0 Å². The highest BCUT2D eigenvalue weighted by atomic mass is 32.2. The monoisotopic (exact) mass is 217 g/mol. The molecule has 0 aliphatic rings. The molecule has 1 rings (SSSR count). The number of hydrogen-bond donors (Lipinski definition) is 1. The molecule has 0 spiro atoms. The fourth-order valence-electron chi connectivity index (χ4n) is 1.14. The fraction of sp³-hybridized carbons (Fsp3) is 0.375. The van der Waals surface area contributed by atoms with Crippen molar-refractivity contribution in [3.63, 3.8) is 0 Å². The minimum Gasteiger partial charge on any atom is -0.506 e. The van der Waals surface area contributed by atoms with Gasteiger partial charge in [-0.05, 0) is 13.0 Å². The summed E-state index contributed by atoms with van der Waals surface area (Å²) in [5.41, 5.74) is -0.685. The normalized spacial score (nSPS) is 11.6. The zero-order chi connectivity index (χ0) is 10.9. The first-order valence-electron chi connectivity index (χ1n) is 4.00. The minimum absolute atomic E-state index is 0.363. The molecule has 0 saturated carbocycles. The molecule has 0 radical (unpaired) electrons. The minimum atomic E-state index is -3.68. The first kappa shape index (κ1) is 10.8. The predicted molar refractivity (Wildman–Crippen MR) is 51.2 cm³/mol. The molecular formula is C8H11NO4S. The maximum absolute atomic E-state index is 11.5. The van der Waals surface area contributed by atoms with Crippen molar-refractivity contribution in [2.45, 2.75) is 18.4 Å². The van der Waals surface area contributed by atoms with Crippen LogP contribution in [0, 0.1) is 0 Å². The second-order valence-electron chi connectivity index (χ2n) is 2.89. The van der Waals surface area contributed by atoms with E-state index in [-0.39, 0.29) is 0 Å². The van der Waals surface area contributed by atoms with Crippen molar-refractivity contribution in [3.05, 3.63) is 22.6 Å². The van der Waals surface area contributed by atoms with E-state index in [1.165, 1.54) is 16.8 Å². The molecule has 0 aliphatic heterocycles. The Labute approximate surface area is 81.5 Å². The number of hydrogen-bond acceptors (Lipinski definition) is 4. The van der Waals surface area contributed by atoms with Gasteiger partial charge in [0.1, 0.15) is 5.75 Å². The summed E-state index contributed by atoms with van der Waals surface area (Å²) in [6.45, 7) is 2.08. The van der Waals surface area contributed by atoms with Gasteiger partial charge in [0, 0.05) is 19.0 Å². The van der Waals surface area contributed by atoms with Crippen molar-refractivity contribution in [1.29, 1.82) is 0 Å². The predicted octanol–water partition coefficient (Wildman–Crippen LogP) is -0.0227. The van der Waals surface area contributed by atoms with E-state index in [0.717, 1.165) is 6.26 Å². The molecule has 0 aliphatic carbocycles. The van der Waals surface area contributed by atoms with Crippen LogP contribution < -0.4 is 5.56 Å². The number of rotatable bonds is 2. The van der Waals surface area contributed by atoms with Crippen molar-refractivity contribution < 1.29 is 13.5 Å². The fourth-order valence-corrected chi connectivity index (χ4v) is 2.02. The van der Waals surface area contributed by atoms with Crippen LogP contribution in [0.3, 0.4) is 0 Å². The van der Waals surface area contributed by atoms with Gasteiger partial charge in [0.2, 0.25) is 0 Å². The quantitative estimate of drug-likeness (QED) is 0.755. The van der Waals surface area contributed by atoms with Gasteiger partial charge in [-0.15, -0.1) is 0 Å². The third-order valence-electron chi connectivity index (χ3n) is 1.81. The van der Waals surface area contributed by atoms with Crippen LogP contribution in [0.1, 0.15) is 6.92 Å². The van der Waals surface area contributed by atoms with Crippen LogP contribution in [0.5, 0.6) is 5.75 Å². The standard InChI is InChI=1S/C8H11NO4S/c1-3-9-5-4-6(10)7(8(9)11)14(2,12)13/h4-5,10H,3H2,1-2H3. The molecule has 0 bridgehead atoms. The molecule has 0 amide bonds. The highest BCUT2D eigenvalue weighted by Gasteiger charge is 2.18. The van der Waals surface area contributed by atoms with E-state index in [1.807, 2.05) is 0 Å². The van der Waals surface area contributed by atoms with Crippen LogP contribution in [0.4, 0.5) is 0 Å². The van der Waals surface area contributed by atoms with E-state index < -0.39 is 26.0 Å². The van der Waals surface area contributed by atoms with Crippen molar-refractivity contribution in [2.75, 3.05) is 6.26 Å². The molecule has 0 fully saturated rings. The number of pyridine rings is 1. The van der Waals surface area contributed by atoms with Crippen molar-refractivity contribution in [3.8, 4) is 5.75 Å². The molecule has 6 heteroatoms. The van der Waals surface area contributed by atoms with Crippen LogP contribution in [-0.4, -0.2) is 24.3 Å². The molecule has 0 saturated heterocycles. The third-order valence-corrected chi connectivity index (χ3v) is 2.94. The first-order chi connectivity index (χ1) is 6.38. The van der Waals surface area contributed by atoms with Crippen LogP contribution in [0.2, 0.25) is 0 Å². The summed E-state index contributed by atoms with van der Waals surface area (Å²) in [5.74, 6) is -0.498. The summed E-state index contributed by atoms with van der Waals surface area (Å²) in [6.07, 6.45) is 2.25. The number of sulfone groups is 1. The maximum Gasteiger partial charge on any atom is 0.273 e. The SMILES string of the molecule is CCn1ccc(O)c(S(C)(=O)=O)c1=O. The van der Waals surface area contributed by atoms with E-state index in [4.69, 9.17) is 0 Å². The van der Waals surface area contributed by atoms with E-state index >= 15 is 0 Å². The van der Waals surface area contributed by atoms with Gasteiger partial charge in [-0.1, -0.05) is 0 Å². The average molecular weight is 217 g/mol. The highest BCUT2D eigenvalue weighted by molar-refractivity contribution is 7.90. The summed E-state index contributed by atoms with van der Waals surface area (Å²) in [7, 11) is -3.68. The van der Waals surface area contributed by atoms with Crippen LogP contribution in [-0.2, 0) is 16.4 Å². The Hall–Kier alpha value is -1.30. The Morgan fingerprint density at radius 1 is 1.50 bits per heavy atom. The number of nitrogens with zero attached hydrogens (tertiary/aromatic N) is 1. The maximum atomic E-state index is 11.5. The summed E-state index contributed by atoms with van der Waals surface area (Å²) in [6, 6.07) is 1.20. The molecule has 0 atom stereocenters. The summed E-state index contributed by atoms with van der Waals surface area (Å²) in [5, 5.41) is 9.25. The van der Waals surface area contributed by atoms with Gasteiger partial charge in [0.15, 0.2) is 14.7 Å². The summed E-state index contributed by atoms with van der Waals surface area (Å²) >= 11 is 0. The molecule has 1 N–H and O–H groups in total. The molecule has 0 aromatic carbocycles. The van der Waals surface area contributed by atoms with E-state index in [9.17, 15) is 18.3 Å². The second kappa shape index (κ2) is 3.45. The number of aromatic nitrogens is 1. The molecule has 1 heterocycles. The van der Waals surface area contributed by atoms with Gasteiger partial charge in [-0.25, -0.2) is 8.42 Å². The van der Waals surface area contributed by atoms with Gasteiger partial charge >= 0.3 is 0 Å². The van der Waals surface area contributed by atoms with Crippen molar-refractivity contribution >= 4 is 9.84 Å². The number of aryl methyl sites for hydroxylation is 1.